The van der Waals surface area contributed by atoms with Crippen LogP contribution in [0.2, 0.25) is 5.02 Å². The minimum atomic E-state index is -0.167. The molecule has 2 aliphatic rings. The lowest BCUT2D eigenvalue weighted by Crippen LogP contribution is -2.42. The molecule has 1 fully saturated rings. The molecule has 27 heavy (non-hydrogen) atoms. The number of piperidine rings is 1. The highest BCUT2D eigenvalue weighted by Gasteiger charge is 2.42. The Morgan fingerprint density at radius 2 is 1.63 bits per heavy atom. The zero-order valence-corrected chi connectivity index (χ0v) is 17.3. The summed E-state index contributed by atoms with van der Waals surface area (Å²) in [7, 11) is 0. The molecule has 0 aromatic heterocycles. The third-order valence-corrected chi connectivity index (χ3v) is 5.70. The second-order valence-electron chi connectivity index (χ2n) is 8.05. The first-order valence-electron chi connectivity index (χ1n) is 10.0. The first-order valence-corrected chi connectivity index (χ1v) is 10.4. The smallest absolute Gasteiger partial charge is 0.277 e. The van der Waals surface area contributed by atoms with E-state index < -0.39 is 0 Å². The second kappa shape index (κ2) is 8.47. The molecule has 4 nitrogen and oxygen atoms in total. The van der Waals surface area contributed by atoms with Gasteiger partial charge in [-0.1, -0.05) is 57.3 Å². The van der Waals surface area contributed by atoms with Gasteiger partial charge in [0.25, 0.3) is 11.8 Å². The first-order chi connectivity index (χ1) is 12.9. The van der Waals surface area contributed by atoms with Gasteiger partial charge in [0, 0.05) is 24.7 Å². The van der Waals surface area contributed by atoms with E-state index in [2.05, 4.69) is 25.7 Å². The van der Waals surface area contributed by atoms with E-state index in [1.807, 2.05) is 12.1 Å². The van der Waals surface area contributed by atoms with Crippen molar-refractivity contribution >= 4 is 29.0 Å². The second-order valence-corrected chi connectivity index (χ2v) is 8.49. The Kier molecular flexibility index (Phi) is 6.25. The number of hydrogen-bond donors (Lipinski definition) is 0. The summed E-state index contributed by atoms with van der Waals surface area (Å²) < 4.78 is 0. The van der Waals surface area contributed by atoms with Gasteiger partial charge in [-0.25, -0.2) is 0 Å². The van der Waals surface area contributed by atoms with Gasteiger partial charge in [0.2, 0.25) is 0 Å². The van der Waals surface area contributed by atoms with Crippen molar-refractivity contribution in [1.82, 2.24) is 9.80 Å². The zero-order valence-electron chi connectivity index (χ0n) is 16.5. The largest absolute Gasteiger partial charge is 0.366 e. The average molecular weight is 389 g/mol. The number of likely N-dealkylation sites (tertiary alicyclic amines) is 1. The Hall–Kier alpha value is -1.81. The third-order valence-electron chi connectivity index (χ3n) is 5.45. The van der Waals surface area contributed by atoms with Crippen LogP contribution in [0.5, 0.6) is 0 Å². The summed E-state index contributed by atoms with van der Waals surface area (Å²) in [6, 6.07) is 7.24. The molecule has 5 heteroatoms. The topological polar surface area (TPSA) is 40.6 Å². The van der Waals surface area contributed by atoms with Crippen LogP contribution in [0.1, 0.15) is 52.0 Å². The summed E-state index contributed by atoms with van der Waals surface area (Å²) in [4.78, 5) is 30.0. The molecule has 0 spiro atoms. The summed E-state index contributed by atoms with van der Waals surface area (Å²) in [5.41, 5.74) is 1.89. The van der Waals surface area contributed by atoms with Crippen LogP contribution in [0, 0.1) is 11.8 Å². The van der Waals surface area contributed by atoms with E-state index in [0.29, 0.717) is 34.7 Å². The van der Waals surface area contributed by atoms with Crippen molar-refractivity contribution in [2.45, 2.75) is 46.5 Å². The Labute approximate surface area is 167 Å². The summed E-state index contributed by atoms with van der Waals surface area (Å²) in [6.45, 7) is 8.67. The molecule has 0 bridgehead atoms. The number of unbranched alkanes of at least 4 members (excludes halogenated alkanes) is 2. The molecule has 0 aliphatic carbocycles. The van der Waals surface area contributed by atoms with Crippen LogP contribution in [0.3, 0.4) is 0 Å². The maximum absolute atomic E-state index is 13.3. The molecule has 2 unspecified atom stereocenters. The molecule has 0 radical (unpaired) electrons. The van der Waals surface area contributed by atoms with Crippen LogP contribution in [0.4, 0.5) is 0 Å². The van der Waals surface area contributed by atoms with E-state index in [-0.39, 0.29) is 11.8 Å². The van der Waals surface area contributed by atoms with E-state index in [4.69, 9.17) is 11.6 Å². The number of benzene rings is 1. The predicted octanol–water partition coefficient (Wildman–Crippen LogP) is 4.59. The lowest BCUT2D eigenvalue weighted by atomic mass is 9.91. The van der Waals surface area contributed by atoms with Gasteiger partial charge in [0.1, 0.15) is 5.70 Å². The maximum Gasteiger partial charge on any atom is 0.277 e. The number of imide groups is 1. The van der Waals surface area contributed by atoms with Crippen molar-refractivity contribution in [3.63, 3.8) is 0 Å². The van der Waals surface area contributed by atoms with Crippen LogP contribution >= 0.6 is 11.6 Å². The Morgan fingerprint density at radius 3 is 2.22 bits per heavy atom. The fraction of sp³-hybridized carbons (Fsp3) is 0.545. The Morgan fingerprint density at radius 1 is 1.00 bits per heavy atom. The number of rotatable bonds is 6. The fourth-order valence-electron chi connectivity index (χ4n) is 4.30. The minimum Gasteiger partial charge on any atom is -0.366 e. The van der Waals surface area contributed by atoms with Crippen molar-refractivity contribution in [3.05, 3.63) is 40.5 Å². The summed E-state index contributed by atoms with van der Waals surface area (Å²) in [5.74, 6) is 0.705. The molecule has 146 valence electrons. The van der Waals surface area contributed by atoms with E-state index >= 15 is 0 Å². The molecule has 1 saturated heterocycles. The molecule has 1 aromatic rings. The Bertz CT molecular complexity index is 731. The van der Waals surface area contributed by atoms with Crippen molar-refractivity contribution in [2.75, 3.05) is 19.6 Å². The van der Waals surface area contributed by atoms with Gasteiger partial charge in [-0.15, -0.1) is 0 Å². The third kappa shape index (κ3) is 4.21. The lowest BCUT2D eigenvalue weighted by Gasteiger charge is -2.37. The van der Waals surface area contributed by atoms with E-state index in [0.717, 1.165) is 44.3 Å². The zero-order chi connectivity index (χ0) is 19.6. The molecular formula is C22H29ClN2O2. The van der Waals surface area contributed by atoms with Gasteiger partial charge in [-0.2, -0.15) is 0 Å². The standard InChI is InChI=1S/C22H29ClN2O2/c1-4-5-6-11-25-21(26)19(17-7-9-18(23)10-8-17)20(22(25)27)24-13-15(2)12-16(3)14-24/h7-10,15-16H,4-6,11-14H2,1-3H3. The van der Waals surface area contributed by atoms with Gasteiger partial charge in [0.05, 0.1) is 5.57 Å². The monoisotopic (exact) mass is 388 g/mol. The highest BCUT2D eigenvalue weighted by molar-refractivity contribution is 6.36. The first kappa shape index (κ1) is 19.9. The van der Waals surface area contributed by atoms with Gasteiger partial charge >= 0.3 is 0 Å². The highest BCUT2D eigenvalue weighted by Crippen LogP contribution is 2.35. The summed E-state index contributed by atoms with van der Waals surface area (Å²) in [6.07, 6.45) is 4.08. The van der Waals surface area contributed by atoms with Crippen LogP contribution in [-0.4, -0.2) is 41.2 Å². The van der Waals surface area contributed by atoms with E-state index in [1.54, 1.807) is 12.1 Å². The lowest BCUT2D eigenvalue weighted by molar-refractivity contribution is -0.137. The summed E-state index contributed by atoms with van der Waals surface area (Å²) >= 11 is 6.03. The highest BCUT2D eigenvalue weighted by atomic mass is 35.5. The number of carbonyl (C=O) groups excluding carboxylic acids is 2. The van der Waals surface area contributed by atoms with Crippen LogP contribution < -0.4 is 0 Å². The number of carbonyl (C=O) groups is 2. The molecular weight excluding hydrogens is 360 g/mol. The molecule has 3 rings (SSSR count). The number of halogens is 1. The SMILES string of the molecule is CCCCCN1C(=O)C(c2ccc(Cl)cc2)=C(N2CC(C)CC(C)C2)C1=O. The van der Waals surface area contributed by atoms with Gasteiger partial charge in [0.15, 0.2) is 0 Å². The summed E-state index contributed by atoms with van der Waals surface area (Å²) in [5, 5.41) is 0.623. The number of nitrogens with zero attached hydrogens (tertiary/aromatic N) is 2. The molecule has 0 N–H and O–H groups in total. The number of amides is 2. The quantitative estimate of drug-likeness (QED) is 0.528. The van der Waals surface area contributed by atoms with Crippen LogP contribution in [0.25, 0.3) is 5.57 Å². The average Bonchev–Trinajstić information content (AvgIpc) is 2.86. The van der Waals surface area contributed by atoms with Gasteiger partial charge in [-0.3, -0.25) is 14.5 Å². The van der Waals surface area contributed by atoms with Crippen molar-refractivity contribution < 1.29 is 9.59 Å². The molecule has 2 aliphatic heterocycles. The van der Waals surface area contributed by atoms with E-state index in [1.165, 1.54) is 4.90 Å². The van der Waals surface area contributed by atoms with Gasteiger partial charge in [-0.05, 0) is 42.4 Å². The molecule has 0 saturated carbocycles. The maximum atomic E-state index is 13.3. The fourth-order valence-corrected chi connectivity index (χ4v) is 4.43. The molecule has 2 heterocycles. The predicted molar refractivity (Wildman–Crippen MR) is 109 cm³/mol. The van der Waals surface area contributed by atoms with E-state index in [9.17, 15) is 9.59 Å². The minimum absolute atomic E-state index is 0.137. The van der Waals surface area contributed by atoms with Crippen molar-refractivity contribution in [2.24, 2.45) is 11.8 Å². The molecule has 2 amide bonds. The van der Waals surface area contributed by atoms with Crippen LogP contribution in [-0.2, 0) is 9.59 Å². The molecule has 1 aromatic carbocycles. The number of hydrogen-bond acceptors (Lipinski definition) is 3. The van der Waals surface area contributed by atoms with Gasteiger partial charge < -0.3 is 4.90 Å². The van der Waals surface area contributed by atoms with Crippen molar-refractivity contribution in [3.8, 4) is 0 Å². The Balaban J connectivity index is 1.99. The van der Waals surface area contributed by atoms with Crippen LogP contribution in [0.15, 0.2) is 30.0 Å². The van der Waals surface area contributed by atoms with Crippen molar-refractivity contribution in [1.29, 1.82) is 0 Å². The molecule has 2 atom stereocenters. The normalized spacial score (nSPS) is 23.6.